The van der Waals surface area contributed by atoms with Crippen LogP contribution in [0.25, 0.3) is 0 Å². The first-order valence-corrected chi connectivity index (χ1v) is 9.90. The highest BCUT2D eigenvalue weighted by atomic mass is 16.5. The molecule has 0 amide bonds. The summed E-state index contributed by atoms with van der Waals surface area (Å²) in [4.78, 5) is 16.8. The molecule has 0 spiro atoms. The highest BCUT2D eigenvalue weighted by molar-refractivity contribution is 6.09. The van der Waals surface area contributed by atoms with E-state index >= 15 is 0 Å². The van der Waals surface area contributed by atoms with Gasteiger partial charge in [0.25, 0.3) is 0 Å². The second kappa shape index (κ2) is 10.4. The number of hydrogen-bond acceptors (Lipinski definition) is 5. The van der Waals surface area contributed by atoms with Gasteiger partial charge >= 0.3 is 0 Å². The highest BCUT2D eigenvalue weighted by Gasteiger charge is 2.15. The quantitative estimate of drug-likeness (QED) is 0.217. The van der Waals surface area contributed by atoms with Crippen molar-refractivity contribution >= 4 is 17.6 Å². The van der Waals surface area contributed by atoms with E-state index in [-0.39, 0.29) is 24.3 Å². The fraction of sp³-hybridized carbons (Fsp3) is 0.261. The number of nitrogens with zero attached hydrogens (tertiary/aromatic N) is 2. The summed E-state index contributed by atoms with van der Waals surface area (Å²) in [6.07, 6.45) is 1.26. The lowest BCUT2D eigenvalue weighted by Crippen LogP contribution is -2.22. The molecule has 1 aromatic heterocycles. The van der Waals surface area contributed by atoms with Crippen molar-refractivity contribution in [3.05, 3.63) is 83.0 Å². The number of carbonyl (C=O) groups is 1. The number of aliphatic hydroxyl groups excluding tert-OH is 1. The van der Waals surface area contributed by atoms with E-state index in [1.54, 1.807) is 6.07 Å². The Morgan fingerprint density at radius 2 is 1.93 bits per heavy atom. The minimum Gasteiger partial charge on any atom is -0.396 e. The maximum absolute atomic E-state index is 12.7. The molecule has 0 saturated carbocycles. The molecule has 30 heavy (non-hydrogen) atoms. The van der Waals surface area contributed by atoms with Crippen molar-refractivity contribution in [3.8, 4) is 0 Å². The Morgan fingerprint density at radius 1 is 1.17 bits per heavy atom. The molecule has 0 fully saturated rings. The number of aromatic nitrogens is 1. The van der Waals surface area contributed by atoms with E-state index < -0.39 is 0 Å². The van der Waals surface area contributed by atoms with Gasteiger partial charge < -0.3 is 15.4 Å². The van der Waals surface area contributed by atoms with Crippen LogP contribution < -0.4 is 11.1 Å². The third-order valence-corrected chi connectivity index (χ3v) is 4.65. The van der Waals surface area contributed by atoms with Crippen LogP contribution in [0.1, 0.15) is 46.4 Å². The number of aliphatic imine (C=N–C) groups is 1. The molecule has 0 radical (unpaired) electrons. The van der Waals surface area contributed by atoms with Gasteiger partial charge in [-0.3, -0.25) is 15.1 Å². The van der Waals surface area contributed by atoms with Crippen molar-refractivity contribution in [3.63, 3.8) is 0 Å². The molecule has 7 nitrogen and oxygen atoms in total. The topological polar surface area (TPSA) is 114 Å². The first kappa shape index (κ1) is 21.3. The molecule has 1 atom stereocenters. The van der Waals surface area contributed by atoms with Crippen molar-refractivity contribution in [2.45, 2.75) is 25.7 Å². The molecule has 1 unspecified atom stereocenters. The lowest BCUT2D eigenvalue weighted by atomic mass is 9.95. The van der Waals surface area contributed by atoms with E-state index in [4.69, 9.17) is 15.4 Å². The number of hydrogen-bond donors (Lipinski definition) is 3. The first-order chi connectivity index (χ1) is 14.6. The van der Waals surface area contributed by atoms with E-state index in [0.717, 1.165) is 11.3 Å². The van der Waals surface area contributed by atoms with Crippen LogP contribution in [0.2, 0.25) is 0 Å². The molecule has 0 aliphatic rings. The number of ketones is 1. The van der Waals surface area contributed by atoms with Gasteiger partial charge in [-0.1, -0.05) is 60.6 Å². The van der Waals surface area contributed by atoms with Crippen LogP contribution in [0, 0.1) is 0 Å². The summed E-state index contributed by atoms with van der Waals surface area (Å²) in [6, 6.07) is 18.7. The Hall–Kier alpha value is -3.45. The van der Waals surface area contributed by atoms with Crippen molar-refractivity contribution in [1.82, 2.24) is 5.16 Å². The van der Waals surface area contributed by atoms with Gasteiger partial charge in [0.05, 0.1) is 5.69 Å². The molecule has 3 rings (SSSR count). The third kappa shape index (κ3) is 5.78. The Balaban J connectivity index is 1.64. The van der Waals surface area contributed by atoms with E-state index in [1.807, 2.05) is 61.5 Å². The smallest absolute Gasteiger partial charge is 0.231 e. The highest BCUT2D eigenvalue weighted by Crippen LogP contribution is 2.23. The normalized spacial score (nSPS) is 12.5. The standard InChI is InChI=1S/C23H26N4O3/c1-16(20-15-21(30-27-20)26-23(24)25-11-6-12-28)13-17-7-5-10-19(14-17)22(29)18-8-3-2-4-9-18/h2-5,7-10,14-16,28H,6,11-13H2,1H3,(H3,24,25,26). The number of aliphatic hydroxyl groups is 1. The Kier molecular flexibility index (Phi) is 7.34. The van der Waals surface area contributed by atoms with Gasteiger partial charge in [0, 0.05) is 36.3 Å². The molecule has 1 heterocycles. The monoisotopic (exact) mass is 406 g/mol. The van der Waals surface area contributed by atoms with E-state index in [0.29, 0.717) is 36.4 Å². The average Bonchev–Trinajstić information content (AvgIpc) is 3.23. The van der Waals surface area contributed by atoms with E-state index in [2.05, 4.69) is 15.5 Å². The number of nitrogens with one attached hydrogen (secondary N) is 1. The number of carbonyl (C=O) groups excluding carboxylic acids is 1. The molecule has 0 saturated heterocycles. The summed E-state index contributed by atoms with van der Waals surface area (Å²) in [6.45, 7) is 2.55. The van der Waals surface area contributed by atoms with Crippen LogP contribution in [-0.2, 0) is 6.42 Å². The fourth-order valence-corrected chi connectivity index (χ4v) is 3.07. The van der Waals surface area contributed by atoms with Crippen molar-refractivity contribution in [2.75, 3.05) is 18.5 Å². The van der Waals surface area contributed by atoms with Gasteiger partial charge in [-0.15, -0.1) is 0 Å². The summed E-state index contributed by atoms with van der Waals surface area (Å²) in [5.74, 6) is 0.717. The lowest BCUT2D eigenvalue weighted by Gasteiger charge is -2.09. The van der Waals surface area contributed by atoms with Gasteiger partial charge in [0.2, 0.25) is 5.88 Å². The van der Waals surface area contributed by atoms with Gasteiger partial charge in [0.1, 0.15) is 0 Å². The van der Waals surface area contributed by atoms with Gasteiger partial charge in [0.15, 0.2) is 11.7 Å². The van der Waals surface area contributed by atoms with Gasteiger partial charge in [-0.2, -0.15) is 0 Å². The van der Waals surface area contributed by atoms with Crippen LogP contribution in [-0.4, -0.2) is 35.2 Å². The molecular weight excluding hydrogens is 380 g/mol. The summed E-state index contributed by atoms with van der Waals surface area (Å²) in [5.41, 5.74) is 8.95. The molecular formula is C23H26N4O3. The number of benzene rings is 2. The zero-order valence-electron chi connectivity index (χ0n) is 16.9. The van der Waals surface area contributed by atoms with E-state index in [1.165, 1.54) is 0 Å². The van der Waals surface area contributed by atoms with Gasteiger partial charge in [-0.25, -0.2) is 0 Å². The minimum atomic E-state index is 0.00832. The molecule has 3 aromatic rings. The Labute approximate surface area is 175 Å². The number of nitrogens with two attached hydrogens (primary N) is 1. The average molecular weight is 406 g/mol. The van der Waals surface area contributed by atoms with Crippen molar-refractivity contribution < 1.29 is 14.4 Å². The second-order valence-corrected chi connectivity index (χ2v) is 7.09. The largest absolute Gasteiger partial charge is 0.396 e. The van der Waals surface area contributed by atoms with Crippen LogP contribution in [0.15, 0.2) is 70.2 Å². The zero-order valence-corrected chi connectivity index (χ0v) is 16.9. The zero-order chi connectivity index (χ0) is 21.3. The molecule has 0 bridgehead atoms. The minimum absolute atomic E-state index is 0.00832. The van der Waals surface area contributed by atoms with Crippen LogP contribution in [0.4, 0.5) is 5.88 Å². The second-order valence-electron chi connectivity index (χ2n) is 7.09. The Bertz CT molecular complexity index is 998. The maximum atomic E-state index is 12.7. The maximum Gasteiger partial charge on any atom is 0.231 e. The summed E-state index contributed by atoms with van der Waals surface area (Å²) < 4.78 is 5.29. The summed E-state index contributed by atoms with van der Waals surface area (Å²) in [7, 11) is 0. The molecule has 2 aromatic carbocycles. The predicted molar refractivity (Wildman–Crippen MR) is 117 cm³/mol. The Morgan fingerprint density at radius 3 is 2.70 bits per heavy atom. The fourth-order valence-electron chi connectivity index (χ4n) is 3.07. The number of anilines is 1. The molecule has 0 aliphatic heterocycles. The third-order valence-electron chi connectivity index (χ3n) is 4.65. The molecule has 156 valence electrons. The first-order valence-electron chi connectivity index (χ1n) is 9.90. The summed E-state index contributed by atoms with van der Waals surface area (Å²) >= 11 is 0. The molecule has 0 aliphatic carbocycles. The predicted octanol–water partition coefficient (Wildman–Crippen LogP) is 3.36. The number of guanidine groups is 1. The van der Waals surface area contributed by atoms with Crippen molar-refractivity contribution in [2.24, 2.45) is 10.7 Å². The summed E-state index contributed by atoms with van der Waals surface area (Å²) in [5, 5.41) is 15.7. The lowest BCUT2D eigenvalue weighted by molar-refractivity contribution is 0.103. The van der Waals surface area contributed by atoms with Crippen LogP contribution in [0.3, 0.4) is 0 Å². The van der Waals surface area contributed by atoms with Crippen LogP contribution in [0.5, 0.6) is 0 Å². The molecule has 4 N–H and O–H groups in total. The number of rotatable bonds is 9. The van der Waals surface area contributed by atoms with Gasteiger partial charge in [-0.05, 0) is 24.5 Å². The van der Waals surface area contributed by atoms with Crippen LogP contribution >= 0.6 is 0 Å². The van der Waals surface area contributed by atoms with Crippen molar-refractivity contribution in [1.29, 1.82) is 0 Å². The van der Waals surface area contributed by atoms with E-state index in [9.17, 15) is 4.79 Å². The molecule has 7 heteroatoms. The SMILES string of the molecule is CC(Cc1cccc(C(=O)c2ccccc2)c1)c1cc(NC(N)=NCCCO)on1.